The number of para-hydroxylation sites is 1. The average Bonchev–Trinajstić information content (AvgIpc) is 3.16. The summed E-state index contributed by atoms with van der Waals surface area (Å²) < 4.78 is 0. The predicted molar refractivity (Wildman–Crippen MR) is 117 cm³/mol. The third-order valence-electron chi connectivity index (χ3n) is 5.51. The normalized spacial score (nSPS) is 13.5. The van der Waals surface area contributed by atoms with Crippen molar-refractivity contribution in [2.45, 2.75) is 26.2 Å². The number of H-pyrrole nitrogens is 1. The van der Waals surface area contributed by atoms with Gasteiger partial charge in [0.15, 0.2) is 0 Å². The van der Waals surface area contributed by atoms with Gasteiger partial charge in [0, 0.05) is 35.9 Å². The van der Waals surface area contributed by atoms with Gasteiger partial charge in [-0.3, -0.25) is 0 Å². The van der Waals surface area contributed by atoms with Crippen LogP contribution in [0, 0.1) is 6.92 Å². The fraction of sp³-hybridized carbons (Fsp3) is 0.261. The van der Waals surface area contributed by atoms with Crippen molar-refractivity contribution >= 4 is 28.5 Å². The molecule has 0 bridgehead atoms. The van der Waals surface area contributed by atoms with Gasteiger partial charge in [0.2, 0.25) is 11.9 Å². The Morgan fingerprint density at radius 1 is 1.14 bits per heavy atom. The Kier molecular flexibility index (Phi) is 4.60. The number of nitrogens with one attached hydrogen (secondary N) is 2. The Morgan fingerprint density at radius 2 is 2.07 bits per heavy atom. The molecule has 3 heterocycles. The van der Waals surface area contributed by atoms with Crippen molar-refractivity contribution in [1.29, 1.82) is 0 Å². The maximum absolute atomic E-state index is 4.68. The van der Waals surface area contributed by atoms with Crippen LogP contribution in [0.1, 0.15) is 23.1 Å². The van der Waals surface area contributed by atoms with Gasteiger partial charge in [0.25, 0.3) is 0 Å². The van der Waals surface area contributed by atoms with Gasteiger partial charge in [-0.25, -0.2) is 9.97 Å². The molecule has 6 nitrogen and oxygen atoms in total. The summed E-state index contributed by atoms with van der Waals surface area (Å²) >= 11 is 0. The number of aromatic amines is 1. The Labute approximate surface area is 170 Å². The van der Waals surface area contributed by atoms with Crippen LogP contribution in [-0.4, -0.2) is 33.0 Å². The largest absolute Gasteiger partial charge is 0.361 e. The number of benzene rings is 2. The molecule has 0 spiro atoms. The Bertz CT molecular complexity index is 1150. The summed E-state index contributed by atoms with van der Waals surface area (Å²) in [6, 6.07) is 15.0. The summed E-state index contributed by atoms with van der Waals surface area (Å²) in [7, 11) is 0. The molecule has 0 radical (unpaired) electrons. The van der Waals surface area contributed by atoms with Crippen LogP contribution in [0.5, 0.6) is 0 Å². The zero-order valence-corrected chi connectivity index (χ0v) is 16.5. The van der Waals surface area contributed by atoms with Crippen molar-refractivity contribution in [2.24, 2.45) is 0 Å². The lowest BCUT2D eigenvalue weighted by atomic mass is 10.00. The second-order valence-electron chi connectivity index (χ2n) is 7.53. The van der Waals surface area contributed by atoms with Gasteiger partial charge >= 0.3 is 0 Å². The molecular formula is C23H24N6. The van der Waals surface area contributed by atoms with Crippen LogP contribution in [0.15, 0.2) is 55.0 Å². The van der Waals surface area contributed by atoms with Crippen molar-refractivity contribution in [1.82, 2.24) is 19.9 Å². The molecule has 29 heavy (non-hydrogen) atoms. The van der Waals surface area contributed by atoms with Crippen molar-refractivity contribution < 1.29 is 0 Å². The lowest BCUT2D eigenvalue weighted by Gasteiger charge is -2.29. The lowest BCUT2D eigenvalue weighted by molar-refractivity contribution is 0.746. The summed E-state index contributed by atoms with van der Waals surface area (Å²) in [5.74, 6) is 1.33. The van der Waals surface area contributed by atoms with Gasteiger partial charge in [-0.05, 0) is 49.4 Å². The maximum atomic E-state index is 4.68. The van der Waals surface area contributed by atoms with Crippen molar-refractivity contribution in [3.8, 4) is 0 Å². The highest BCUT2D eigenvalue weighted by Gasteiger charge is 2.20. The standard InChI is InChI=1S/C23H24N6/c1-16-8-9-21-17(13-16)5-4-12-29(21)23-27-15-26-22(28-23)24-11-10-18-14-25-20-7-3-2-6-19(18)20/h2-3,6-9,13-15,25H,4-5,10-12H2,1H3,(H,24,26,27,28). The molecule has 0 saturated heterocycles. The minimum absolute atomic E-state index is 0.620. The van der Waals surface area contributed by atoms with Crippen LogP contribution in [-0.2, 0) is 12.8 Å². The Morgan fingerprint density at radius 3 is 3.03 bits per heavy atom. The highest BCUT2D eigenvalue weighted by atomic mass is 15.3. The SMILES string of the molecule is Cc1ccc2c(c1)CCCN2c1ncnc(NCCc2c[nH]c3ccccc23)n1. The Balaban J connectivity index is 1.31. The van der Waals surface area contributed by atoms with E-state index in [9.17, 15) is 0 Å². The van der Waals surface area contributed by atoms with Crippen LogP contribution in [0.2, 0.25) is 0 Å². The first-order chi connectivity index (χ1) is 14.3. The maximum Gasteiger partial charge on any atom is 0.234 e. The number of fused-ring (bicyclic) bond motifs is 2. The highest BCUT2D eigenvalue weighted by Crippen LogP contribution is 2.32. The first-order valence-corrected chi connectivity index (χ1v) is 10.1. The first kappa shape index (κ1) is 17.7. The van der Waals surface area contributed by atoms with E-state index < -0.39 is 0 Å². The van der Waals surface area contributed by atoms with Crippen LogP contribution >= 0.6 is 0 Å². The molecule has 0 fully saturated rings. The van der Waals surface area contributed by atoms with E-state index in [1.807, 2.05) is 6.07 Å². The van der Waals surface area contributed by atoms with Crippen LogP contribution in [0.3, 0.4) is 0 Å². The molecule has 2 aromatic heterocycles. The molecule has 0 atom stereocenters. The number of anilines is 3. The number of aromatic nitrogens is 4. The van der Waals surface area contributed by atoms with E-state index in [0.717, 1.165) is 32.4 Å². The van der Waals surface area contributed by atoms with E-state index in [1.54, 1.807) is 6.33 Å². The molecule has 0 saturated carbocycles. The van der Waals surface area contributed by atoms with Gasteiger partial charge in [0.1, 0.15) is 6.33 Å². The third kappa shape index (κ3) is 3.53. The molecule has 2 aromatic carbocycles. The molecule has 0 aliphatic carbocycles. The van der Waals surface area contributed by atoms with E-state index in [4.69, 9.17) is 0 Å². The molecule has 0 unspecified atom stereocenters. The van der Waals surface area contributed by atoms with E-state index in [1.165, 1.54) is 33.3 Å². The Hall–Kier alpha value is -3.41. The van der Waals surface area contributed by atoms with Crippen LogP contribution < -0.4 is 10.2 Å². The quantitative estimate of drug-likeness (QED) is 0.534. The second kappa shape index (κ2) is 7.54. The van der Waals surface area contributed by atoms with Crippen molar-refractivity contribution in [3.63, 3.8) is 0 Å². The summed E-state index contributed by atoms with van der Waals surface area (Å²) in [6.45, 7) is 3.83. The summed E-state index contributed by atoms with van der Waals surface area (Å²) in [5, 5.41) is 4.63. The number of hydrogen-bond acceptors (Lipinski definition) is 5. The van der Waals surface area contributed by atoms with Crippen molar-refractivity contribution in [3.05, 3.63) is 71.7 Å². The number of nitrogens with zero attached hydrogens (tertiary/aromatic N) is 4. The van der Waals surface area contributed by atoms with Gasteiger partial charge < -0.3 is 15.2 Å². The van der Waals surface area contributed by atoms with E-state index in [-0.39, 0.29) is 0 Å². The number of rotatable bonds is 5. The fourth-order valence-corrected chi connectivity index (χ4v) is 4.08. The minimum atomic E-state index is 0.620. The zero-order valence-electron chi connectivity index (χ0n) is 16.5. The molecule has 4 aromatic rings. The lowest BCUT2D eigenvalue weighted by Crippen LogP contribution is -2.26. The monoisotopic (exact) mass is 384 g/mol. The van der Waals surface area contributed by atoms with E-state index in [0.29, 0.717) is 11.9 Å². The molecule has 5 rings (SSSR count). The first-order valence-electron chi connectivity index (χ1n) is 10.1. The minimum Gasteiger partial charge on any atom is -0.361 e. The third-order valence-corrected chi connectivity index (χ3v) is 5.51. The summed E-state index contributed by atoms with van der Waals surface area (Å²) in [5.41, 5.74) is 6.33. The topological polar surface area (TPSA) is 69.7 Å². The van der Waals surface area contributed by atoms with Gasteiger partial charge in [-0.1, -0.05) is 35.9 Å². The highest BCUT2D eigenvalue weighted by molar-refractivity contribution is 5.83. The summed E-state index contributed by atoms with van der Waals surface area (Å²) in [6.07, 6.45) is 6.79. The molecule has 0 amide bonds. The zero-order chi connectivity index (χ0) is 19.6. The second-order valence-corrected chi connectivity index (χ2v) is 7.53. The smallest absolute Gasteiger partial charge is 0.234 e. The summed E-state index contributed by atoms with van der Waals surface area (Å²) in [4.78, 5) is 19.0. The molecule has 2 N–H and O–H groups in total. The van der Waals surface area contributed by atoms with Crippen LogP contribution in [0.4, 0.5) is 17.6 Å². The number of aryl methyl sites for hydroxylation is 2. The van der Waals surface area contributed by atoms with Gasteiger partial charge in [-0.2, -0.15) is 4.98 Å². The number of hydrogen-bond donors (Lipinski definition) is 2. The average molecular weight is 384 g/mol. The van der Waals surface area contributed by atoms with E-state index in [2.05, 4.69) is 79.7 Å². The van der Waals surface area contributed by atoms with Crippen molar-refractivity contribution in [2.75, 3.05) is 23.3 Å². The molecule has 146 valence electrons. The van der Waals surface area contributed by atoms with E-state index >= 15 is 0 Å². The molecule has 6 heteroatoms. The van der Waals surface area contributed by atoms with Crippen LogP contribution in [0.25, 0.3) is 10.9 Å². The fourth-order valence-electron chi connectivity index (χ4n) is 4.08. The molecule has 1 aliphatic heterocycles. The predicted octanol–water partition coefficient (Wildman–Crippen LogP) is 4.40. The van der Waals surface area contributed by atoms with Gasteiger partial charge in [0.05, 0.1) is 0 Å². The molecule has 1 aliphatic rings. The van der Waals surface area contributed by atoms with Gasteiger partial charge in [-0.15, -0.1) is 0 Å². The molecular weight excluding hydrogens is 360 g/mol.